The van der Waals surface area contributed by atoms with E-state index in [1.54, 1.807) is 42.5 Å². The predicted octanol–water partition coefficient (Wildman–Crippen LogP) is 5.29. The number of amides is 1. The van der Waals surface area contributed by atoms with Crippen LogP contribution in [0.3, 0.4) is 0 Å². The molecule has 1 aliphatic rings. The number of hydrogen-bond donors (Lipinski definition) is 1. The van der Waals surface area contributed by atoms with Gasteiger partial charge in [-0.2, -0.15) is 0 Å². The number of carbonyl (C=O) groups excluding carboxylic acids is 1. The third-order valence-corrected chi connectivity index (χ3v) is 7.54. The quantitative estimate of drug-likeness (QED) is 0.550. The maximum absolute atomic E-state index is 13.4. The minimum absolute atomic E-state index is 0.189. The molecule has 0 aliphatic carbocycles. The van der Waals surface area contributed by atoms with Gasteiger partial charge >= 0.3 is 0 Å². The van der Waals surface area contributed by atoms with E-state index >= 15 is 0 Å². The summed E-state index contributed by atoms with van der Waals surface area (Å²) in [5.74, 6) is 0.283. The number of carbonyl (C=O) groups is 1. The van der Waals surface area contributed by atoms with Crippen molar-refractivity contribution in [2.24, 2.45) is 0 Å². The van der Waals surface area contributed by atoms with E-state index in [-0.39, 0.29) is 17.4 Å². The first-order valence-electron chi connectivity index (χ1n) is 10.1. The molecule has 0 unspecified atom stereocenters. The summed E-state index contributed by atoms with van der Waals surface area (Å²) in [4.78, 5) is 13.0. The van der Waals surface area contributed by atoms with Gasteiger partial charge in [0.2, 0.25) is 5.91 Å². The molecule has 1 aliphatic heterocycles. The fourth-order valence-corrected chi connectivity index (χ4v) is 5.66. The number of methoxy groups -OCH3 is 1. The number of fused-ring (bicyclic) bond motifs is 3. The minimum atomic E-state index is -3.91. The molecule has 0 atom stereocenters. The van der Waals surface area contributed by atoms with Crippen molar-refractivity contribution in [2.75, 3.05) is 23.3 Å². The van der Waals surface area contributed by atoms with Crippen LogP contribution in [0.15, 0.2) is 65.6 Å². The van der Waals surface area contributed by atoms with Crippen molar-refractivity contribution in [1.82, 2.24) is 0 Å². The largest absolute Gasteiger partial charge is 0.495 e. The average molecular weight is 471 g/mol. The van der Waals surface area contributed by atoms with Gasteiger partial charge in [-0.05, 0) is 47.9 Å². The van der Waals surface area contributed by atoms with Gasteiger partial charge in [-0.3, -0.25) is 9.10 Å². The smallest absolute Gasteiger partial charge is 0.265 e. The van der Waals surface area contributed by atoms with E-state index in [9.17, 15) is 13.2 Å². The van der Waals surface area contributed by atoms with Crippen molar-refractivity contribution in [1.29, 1.82) is 0 Å². The maximum atomic E-state index is 13.4. The van der Waals surface area contributed by atoms with Crippen molar-refractivity contribution in [3.8, 4) is 16.9 Å². The lowest BCUT2D eigenvalue weighted by Gasteiger charge is -2.32. The highest BCUT2D eigenvalue weighted by Gasteiger charge is 2.36. The monoisotopic (exact) mass is 470 g/mol. The SMILES string of the molecule is COc1ccc(NC(=O)CN2c3ccc(C(C)C)cc3-c3ccccc3S2(=O)=O)cc1Cl. The topological polar surface area (TPSA) is 75.7 Å². The number of benzene rings is 3. The van der Waals surface area contributed by atoms with Crippen LogP contribution < -0.4 is 14.4 Å². The molecule has 1 amide bonds. The molecule has 0 saturated carbocycles. The lowest BCUT2D eigenvalue weighted by molar-refractivity contribution is -0.114. The fraction of sp³-hybridized carbons (Fsp3) is 0.208. The second-order valence-electron chi connectivity index (χ2n) is 7.84. The van der Waals surface area contributed by atoms with Crippen LogP contribution in [0.1, 0.15) is 25.3 Å². The number of hydrogen-bond acceptors (Lipinski definition) is 4. The molecule has 0 saturated heterocycles. The Labute approximate surface area is 192 Å². The summed E-state index contributed by atoms with van der Waals surface area (Å²) in [6.07, 6.45) is 0. The highest BCUT2D eigenvalue weighted by atomic mass is 35.5. The molecule has 3 aromatic carbocycles. The normalized spacial score (nSPS) is 14.0. The van der Waals surface area contributed by atoms with E-state index < -0.39 is 15.9 Å². The van der Waals surface area contributed by atoms with Crippen molar-refractivity contribution in [3.63, 3.8) is 0 Å². The minimum Gasteiger partial charge on any atom is -0.495 e. The van der Waals surface area contributed by atoms with Crippen LogP contribution >= 0.6 is 11.6 Å². The number of nitrogens with zero attached hydrogens (tertiary/aromatic N) is 1. The van der Waals surface area contributed by atoms with E-state index in [1.807, 2.05) is 18.2 Å². The molecule has 0 radical (unpaired) electrons. The summed E-state index contributed by atoms with van der Waals surface area (Å²) >= 11 is 6.13. The molecular weight excluding hydrogens is 448 g/mol. The Hall–Kier alpha value is -3.03. The Morgan fingerprint density at radius 2 is 1.81 bits per heavy atom. The summed E-state index contributed by atoms with van der Waals surface area (Å²) in [5.41, 5.74) is 3.46. The predicted molar refractivity (Wildman–Crippen MR) is 127 cm³/mol. The van der Waals surface area contributed by atoms with Crippen LogP contribution in [0.25, 0.3) is 11.1 Å². The Bertz CT molecular complexity index is 1310. The van der Waals surface area contributed by atoms with Gasteiger partial charge in [0.25, 0.3) is 10.0 Å². The van der Waals surface area contributed by atoms with Crippen LogP contribution in [-0.2, 0) is 14.8 Å². The summed E-state index contributed by atoms with van der Waals surface area (Å²) in [7, 11) is -2.41. The standard InChI is InChI=1S/C24H23ClN2O4S/c1-15(2)16-8-10-21-19(12-16)18-6-4-5-7-23(18)32(29,30)27(21)14-24(28)26-17-9-11-22(31-3)20(25)13-17/h4-13,15H,14H2,1-3H3,(H,26,28). The fourth-order valence-electron chi connectivity index (χ4n) is 3.75. The molecule has 8 heteroatoms. The van der Waals surface area contributed by atoms with Crippen LogP contribution in [0, 0.1) is 0 Å². The van der Waals surface area contributed by atoms with Crippen molar-refractivity contribution in [3.05, 3.63) is 71.2 Å². The third-order valence-electron chi connectivity index (χ3n) is 5.42. The molecule has 0 aromatic heterocycles. The van der Waals surface area contributed by atoms with Crippen LogP contribution in [0.5, 0.6) is 5.75 Å². The molecule has 4 rings (SSSR count). The van der Waals surface area contributed by atoms with Gasteiger partial charge in [-0.15, -0.1) is 0 Å². The lowest BCUT2D eigenvalue weighted by Crippen LogP contribution is -2.40. The molecule has 166 valence electrons. The third kappa shape index (κ3) is 3.94. The highest BCUT2D eigenvalue weighted by Crippen LogP contribution is 2.44. The molecule has 1 heterocycles. The van der Waals surface area contributed by atoms with Crippen molar-refractivity contribution < 1.29 is 17.9 Å². The van der Waals surface area contributed by atoms with Gasteiger partial charge in [0.05, 0.1) is 22.7 Å². The molecule has 6 nitrogen and oxygen atoms in total. The molecule has 0 fully saturated rings. The first-order chi connectivity index (χ1) is 15.2. The van der Waals surface area contributed by atoms with E-state index in [0.717, 1.165) is 15.4 Å². The Morgan fingerprint density at radius 3 is 2.50 bits per heavy atom. The number of halogens is 1. The summed E-state index contributed by atoms with van der Waals surface area (Å²) in [6.45, 7) is 3.80. The Morgan fingerprint density at radius 1 is 1.06 bits per heavy atom. The van der Waals surface area contributed by atoms with E-state index in [0.29, 0.717) is 27.7 Å². The molecule has 1 N–H and O–H groups in total. The molecular formula is C24H23ClN2O4S. The molecule has 3 aromatic rings. The van der Waals surface area contributed by atoms with Crippen molar-refractivity contribution in [2.45, 2.75) is 24.7 Å². The summed E-state index contributed by atoms with van der Waals surface area (Å²) in [5, 5.41) is 3.06. The van der Waals surface area contributed by atoms with Crippen LogP contribution in [-0.4, -0.2) is 28.0 Å². The number of ether oxygens (including phenoxy) is 1. The summed E-state index contributed by atoms with van der Waals surface area (Å²) < 4.78 is 33.1. The highest BCUT2D eigenvalue weighted by molar-refractivity contribution is 7.93. The van der Waals surface area contributed by atoms with Gasteiger partial charge in [0, 0.05) is 16.8 Å². The molecule has 0 spiro atoms. The van der Waals surface area contributed by atoms with Gasteiger partial charge < -0.3 is 10.1 Å². The number of nitrogens with one attached hydrogen (secondary N) is 1. The maximum Gasteiger partial charge on any atom is 0.265 e. The van der Waals surface area contributed by atoms with Crippen LogP contribution in [0.4, 0.5) is 11.4 Å². The second-order valence-corrected chi connectivity index (χ2v) is 10.1. The van der Waals surface area contributed by atoms with Crippen molar-refractivity contribution >= 4 is 38.9 Å². The number of rotatable bonds is 5. The first-order valence-corrected chi connectivity index (χ1v) is 11.9. The first kappa shape index (κ1) is 22.2. The summed E-state index contributed by atoms with van der Waals surface area (Å²) in [6, 6.07) is 17.4. The van der Waals surface area contributed by atoms with Gasteiger partial charge in [0.1, 0.15) is 12.3 Å². The number of sulfonamides is 1. The van der Waals surface area contributed by atoms with E-state index in [4.69, 9.17) is 16.3 Å². The van der Waals surface area contributed by atoms with E-state index in [1.165, 1.54) is 7.11 Å². The lowest BCUT2D eigenvalue weighted by atomic mass is 9.95. The van der Waals surface area contributed by atoms with Gasteiger partial charge in [-0.1, -0.05) is 49.7 Å². The van der Waals surface area contributed by atoms with Gasteiger partial charge in [0.15, 0.2) is 0 Å². The average Bonchev–Trinajstić information content (AvgIpc) is 2.76. The van der Waals surface area contributed by atoms with E-state index in [2.05, 4.69) is 19.2 Å². The van der Waals surface area contributed by atoms with Gasteiger partial charge in [-0.25, -0.2) is 8.42 Å². The van der Waals surface area contributed by atoms with Crippen LogP contribution in [0.2, 0.25) is 5.02 Å². The number of anilines is 2. The molecule has 0 bridgehead atoms. The zero-order valence-electron chi connectivity index (χ0n) is 17.9. The Balaban J connectivity index is 1.71. The Kier molecular flexibility index (Phi) is 5.88. The zero-order valence-corrected chi connectivity index (χ0v) is 19.5. The molecule has 32 heavy (non-hydrogen) atoms. The second kappa shape index (κ2) is 8.48. The zero-order chi connectivity index (χ0) is 23.0.